The number of unbranched alkanes of at least 4 members (excludes halogenated alkanes) is 16. The fourth-order valence-corrected chi connectivity index (χ4v) is 11.0. The average molecular weight is 1470 g/mol. The number of carbonyl (C=O) groups is 4. The molecule has 0 rings (SSSR count). The van der Waals surface area contributed by atoms with E-state index in [0.717, 1.165) is 186 Å². The highest BCUT2D eigenvalue weighted by Gasteiger charge is 2.30. The lowest BCUT2D eigenvalue weighted by molar-refractivity contribution is -0.161. The maximum atomic E-state index is 13.1. The van der Waals surface area contributed by atoms with Gasteiger partial charge in [0.15, 0.2) is 12.2 Å². The van der Waals surface area contributed by atoms with Gasteiger partial charge in [-0.05, 0) is 161 Å². The van der Waals surface area contributed by atoms with Crippen LogP contribution in [0.25, 0.3) is 0 Å². The molecular formula is C83H134O17P2. The fraction of sp³-hybridized carbons (Fsp3) is 0.614. The van der Waals surface area contributed by atoms with Crippen LogP contribution in [0.3, 0.4) is 0 Å². The number of hydrogen-bond donors (Lipinski definition) is 3. The van der Waals surface area contributed by atoms with Gasteiger partial charge in [0.25, 0.3) is 0 Å². The first kappa shape index (κ1) is 96.4. The zero-order valence-electron chi connectivity index (χ0n) is 63.0. The molecule has 0 aliphatic heterocycles. The second-order valence-corrected chi connectivity index (χ2v) is 27.7. The van der Waals surface area contributed by atoms with Crippen LogP contribution in [0.15, 0.2) is 170 Å². The SMILES string of the molecule is CC/C=C\C/C=C\C/C=C\C/C=C\C/C=C\CCCC(=O)OCC(COP(=O)(O)OCC(O)COP(=O)(O)OCC(COC(=O)CCCCCCC/C=C\C/C=C\C/C=C\CC)OC(=O)CCCCCCC/C=C\C/C=C\CCC)OC(=O)CCCCCC/C=C\C/C=C\C/C=C\C/C=C\CC. The van der Waals surface area contributed by atoms with Crippen molar-refractivity contribution in [2.24, 2.45) is 0 Å². The molecule has 5 unspecified atom stereocenters. The summed E-state index contributed by atoms with van der Waals surface area (Å²) in [6.07, 6.45) is 86.3. The average Bonchev–Trinajstić information content (AvgIpc) is 0.959. The minimum atomic E-state index is -5.01. The number of rotatable bonds is 70. The van der Waals surface area contributed by atoms with Crippen LogP contribution in [0.5, 0.6) is 0 Å². The summed E-state index contributed by atoms with van der Waals surface area (Å²) >= 11 is 0. The standard InChI is InChI=1S/C83H134O17P2/c1-5-9-13-17-21-25-29-33-36-38-41-45-48-52-56-60-64-68-81(86)94-74-79(100-83(88)70-66-62-58-54-50-46-42-39-37-34-30-26-22-18-14-10-6-2)76-98-102(91,92)96-72-77(84)71-95-101(89,90)97-75-78(99-82(87)69-65-61-57-53-49-43-32-28-24-20-16-12-8-4)73-93-80(85)67-63-59-55-51-47-44-40-35-31-27-23-19-15-11-7-3/h9-11,13-16,20-23,25-28,32-37,40-42,45-46,52,56,77-79,84H,5-8,12,17-19,24,29-31,38-39,43-44,47-51,53-55,57-76H2,1-4H3,(H,89,90)(H,91,92)/b13-9-,14-10-,15-11-,20-16-,25-21-,26-22-,27-23-,32-28-,36-33-,37-34-,40-35-,45-41-,46-42-,56-52-. The number of allylic oxidation sites excluding steroid dienone is 28. The van der Waals surface area contributed by atoms with E-state index in [1.165, 1.54) is 0 Å². The van der Waals surface area contributed by atoms with Crippen LogP contribution in [0.2, 0.25) is 0 Å². The first-order chi connectivity index (χ1) is 49.7. The first-order valence-electron chi connectivity index (χ1n) is 38.4. The number of hydrogen-bond acceptors (Lipinski definition) is 15. The van der Waals surface area contributed by atoms with E-state index >= 15 is 0 Å². The summed E-state index contributed by atoms with van der Waals surface area (Å²) in [5.74, 6) is -2.32. The molecule has 102 heavy (non-hydrogen) atoms. The van der Waals surface area contributed by atoms with Gasteiger partial charge >= 0.3 is 39.5 Å². The molecule has 5 atom stereocenters. The predicted octanol–water partition coefficient (Wildman–Crippen LogP) is 22.2. The third-order valence-corrected chi connectivity index (χ3v) is 17.0. The van der Waals surface area contributed by atoms with E-state index in [4.69, 9.17) is 37.0 Å². The van der Waals surface area contributed by atoms with E-state index < -0.39 is 97.5 Å². The van der Waals surface area contributed by atoms with E-state index in [-0.39, 0.29) is 25.7 Å². The molecule has 0 fully saturated rings. The van der Waals surface area contributed by atoms with Crippen LogP contribution in [-0.2, 0) is 65.4 Å². The molecule has 0 radical (unpaired) electrons. The number of ether oxygens (including phenoxy) is 4. The molecule has 578 valence electrons. The van der Waals surface area contributed by atoms with Gasteiger partial charge in [0.2, 0.25) is 0 Å². The van der Waals surface area contributed by atoms with Gasteiger partial charge in [0, 0.05) is 25.7 Å². The highest BCUT2D eigenvalue weighted by Crippen LogP contribution is 2.45. The van der Waals surface area contributed by atoms with Crippen LogP contribution < -0.4 is 0 Å². The van der Waals surface area contributed by atoms with Crippen LogP contribution in [-0.4, -0.2) is 96.7 Å². The highest BCUT2D eigenvalue weighted by atomic mass is 31.2. The maximum absolute atomic E-state index is 13.1. The lowest BCUT2D eigenvalue weighted by Gasteiger charge is -2.21. The smallest absolute Gasteiger partial charge is 0.462 e. The topological polar surface area (TPSA) is 237 Å². The van der Waals surface area contributed by atoms with E-state index in [0.29, 0.717) is 32.1 Å². The van der Waals surface area contributed by atoms with Crippen molar-refractivity contribution >= 4 is 39.5 Å². The molecule has 0 aromatic heterocycles. The highest BCUT2D eigenvalue weighted by molar-refractivity contribution is 7.47. The Kier molecular flexibility index (Phi) is 69.7. The number of aliphatic hydroxyl groups is 1. The molecule has 0 spiro atoms. The Morgan fingerprint density at radius 3 is 0.824 bits per heavy atom. The quantitative estimate of drug-likeness (QED) is 0.0169. The number of phosphoric acid groups is 2. The maximum Gasteiger partial charge on any atom is 0.472 e. The van der Waals surface area contributed by atoms with Crippen molar-refractivity contribution in [3.05, 3.63) is 170 Å². The van der Waals surface area contributed by atoms with Crippen molar-refractivity contribution in [2.75, 3.05) is 39.6 Å². The van der Waals surface area contributed by atoms with Gasteiger partial charge in [-0.2, -0.15) is 0 Å². The van der Waals surface area contributed by atoms with Gasteiger partial charge in [-0.1, -0.05) is 256 Å². The Hall–Kier alpha value is -5.58. The predicted molar refractivity (Wildman–Crippen MR) is 417 cm³/mol. The largest absolute Gasteiger partial charge is 0.472 e. The molecule has 0 aliphatic carbocycles. The Labute approximate surface area is 616 Å². The zero-order chi connectivity index (χ0) is 74.6. The van der Waals surface area contributed by atoms with Gasteiger partial charge in [0.05, 0.1) is 26.4 Å². The van der Waals surface area contributed by atoms with Crippen LogP contribution in [0, 0.1) is 0 Å². The minimum absolute atomic E-state index is 0.0477. The minimum Gasteiger partial charge on any atom is -0.462 e. The number of aliphatic hydroxyl groups excluding tert-OH is 1. The molecule has 17 nitrogen and oxygen atoms in total. The summed E-state index contributed by atoms with van der Waals surface area (Å²) in [4.78, 5) is 72.9. The Morgan fingerprint density at radius 1 is 0.284 bits per heavy atom. The Balaban J connectivity index is 5.47. The fourth-order valence-electron chi connectivity index (χ4n) is 9.41. The van der Waals surface area contributed by atoms with Crippen molar-refractivity contribution in [1.29, 1.82) is 0 Å². The van der Waals surface area contributed by atoms with Gasteiger partial charge in [-0.15, -0.1) is 0 Å². The van der Waals surface area contributed by atoms with Crippen molar-refractivity contribution in [3.63, 3.8) is 0 Å². The third kappa shape index (κ3) is 72.8. The summed E-state index contributed by atoms with van der Waals surface area (Å²) in [5, 5.41) is 10.6. The van der Waals surface area contributed by atoms with Gasteiger partial charge in [-0.3, -0.25) is 37.3 Å². The van der Waals surface area contributed by atoms with E-state index in [2.05, 4.69) is 186 Å². The van der Waals surface area contributed by atoms with E-state index in [9.17, 15) is 43.2 Å². The molecule has 0 amide bonds. The van der Waals surface area contributed by atoms with Crippen LogP contribution >= 0.6 is 15.6 Å². The summed E-state index contributed by atoms with van der Waals surface area (Å²) in [6, 6.07) is 0. The van der Waals surface area contributed by atoms with Crippen molar-refractivity contribution in [3.8, 4) is 0 Å². The van der Waals surface area contributed by atoms with Crippen molar-refractivity contribution in [2.45, 2.75) is 290 Å². The summed E-state index contributed by atoms with van der Waals surface area (Å²) in [6.45, 7) is 4.31. The molecule has 3 N–H and O–H groups in total. The molecular weight excluding hydrogens is 1330 g/mol. The second-order valence-electron chi connectivity index (χ2n) is 24.8. The molecule has 0 heterocycles. The molecule has 0 aromatic rings. The Morgan fingerprint density at radius 2 is 0.520 bits per heavy atom. The lowest BCUT2D eigenvalue weighted by Crippen LogP contribution is -2.30. The van der Waals surface area contributed by atoms with Gasteiger partial charge in [-0.25, -0.2) is 9.13 Å². The number of esters is 4. The van der Waals surface area contributed by atoms with Gasteiger partial charge in [0.1, 0.15) is 19.3 Å². The normalized spacial score (nSPS) is 14.9. The summed E-state index contributed by atoms with van der Waals surface area (Å²) < 4.78 is 68.4. The zero-order valence-corrected chi connectivity index (χ0v) is 64.8. The van der Waals surface area contributed by atoms with E-state index in [1.54, 1.807) is 0 Å². The molecule has 0 aliphatic rings. The molecule has 19 heteroatoms. The number of carbonyl (C=O) groups excluding carboxylic acids is 4. The summed E-state index contributed by atoms with van der Waals surface area (Å²) in [7, 11) is -10.00. The number of phosphoric ester groups is 2. The summed E-state index contributed by atoms with van der Waals surface area (Å²) in [5.41, 5.74) is 0. The van der Waals surface area contributed by atoms with Crippen LogP contribution in [0.4, 0.5) is 0 Å². The third-order valence-electron chi connectivity index (χ3n) is 15.1. The monoisotopic (exact) mass is 1460 g/mol. The second kappa shape index (κ2) is 73.7. The lowest BCUT2D eigenvalue weighted by atomic mass is 10.1. The first-order valence-corrected chi connectivity index (χ1v) is 41.4. The van der Waals surface area contributed by atoms with Gasteiger partial charge < -0.3 is 33.8 Å². The Bertz CT molecular complexity index is 2600. The van der Waals surface area contributed by atoms with E-state index in [1.807, 2.05) is 12.2 Å². The van der Waals surface area contributed by atoms with Crippen molar-refractivity contribution in [1.82, 2.24) is 0 Å². The molecule has 0 bridgehead atoms. The van der Waals surface area contributed by atoms with Crippen molar-refractivity contribution < 1.29 is 80.2 Å². The molecule has 0 saturated carbocycles. The molecule has 0 saturated heterocycles. The molecule has 0 aromatic carbocycles. The van der Waals surface area contributed by atoms with Crippen LogP contribution in [0.1, 0.15) is 272 Å².